The summed E-state index contributed by atoms with van der Waals surface area (Å²) < 4.78 is 27.1. The molecule has 0 bridgehead atoms. The van der Waals surface area contributed by atoms with Crippen LogP contribution in [0.2, 0.25) is 0 Å². The second kappa shape index (κ2) is 4.28. The van der Waals surface area contributed by atoms with Crippen molar-refractivity contribution in [1.82, 2.24) is 0 Å². The predicted octanol–water partition coefficient (Wildman–Crippen LogP) is 3.75. The van der Waals surface area contributed by atoms with Crippen LogP contribution in [0.25, 0.3) is 0 Å². The summed E-state index contributed by atoms with van der Waals surface area (Å²) in [7, 11) is 0. The van der Waals surface area contributed by atoms with Crippen molar-refractivity contribution in [3.63, 3.8) is 0 Å². The molecule has 4 heteroatoms. The smallest absolute Gasteiger partial charge is 0.208 e. The fraction of sp³-hybridized carbons (Fsp3) is 0.214. The zero-order valence-electron chi connectivity index (χ0n) is 9.50. The Labute approximate surface area is 107 Å². The maximum absolute atomic E-state index is 13.5. The van der Waals surface area contributed by atoms with Crippen LogP contribution in [0, 0.1) is 11.6 Å². The van der Waals surface area contributed by atoms with E-state index in [9.17, 15) is 13.6 Å². The predicted molar refractivity (Wildman–Crippen MR) is 66.1 cm³/mol. The van der Waals surface area contributed by atoms with E-state index in [0.29, 0.717) is 4.88 Å². The number of carbonyl (C=O) groups excluding carboxylic acids is 1. The fourth-order valence-electron chi connectivity index (χ4n) is 2.28. The minimum atomic E-state index is -0.798. The molecule has 0 saturated heterocycles. The van der Waals surface area contributed by atoms with Crippen molar-refractivity contribution in [3.05, 3.63) is 56.8 Å². The molecule has 92 valence electrons. The van der Waals surface area contributed by atoms with Crippen LogP contribution in [0.1, 0.15) is 32.1 Å². The van der Waals surface area contributed by atoms with Gasteiger partial charge in [0.05, 0.1) is 10.4 Å². The molecule has 0 fully saturated rings. The van der Waals surface area contributed by atoms with Crippen molar-refractivity contribution >= 4 is 17.1 Å². The second-order valence-electron chi connectivity index (χ2n) is 4.34. The molecule has 0 N–H and O–H groups in total. The van der Waals surface area contributed by atoms with Crippen molar-refractivity contribution in [2.24, 2.45) is 0 Å². The van der Waals surface area contributed by atoms with E-state index in [1.165, 1.54) is 22.3 Å². The van der Waals surface area contributed by atoms with Crippen LogP contribution in [0.3, 0.4) is 0 Å². The summed E-state index contributed by atoms with van der Waals surface area (Å²) in [5.74, 6) is -2.15. The molecule has 1 aromatic heterocycles. The highest BCUT2D eigenvalue weighted by Gasteiger charge is 2.23. The Morgan fingerprint density at radius 3 is 2.56 bits per heavy atom. The monoisotopic (exact) mass is 264 g/mol. The van der Waals surface area contributed by atoms with E-state index < -0.39 is 23.0 Å². The average Bonchev–Trinajstić information content (AvgIpc) is 2.88. The molecular weight excluding hydrogens is 254 g/mol. The van der Waals surface area contributed by atoms with Crippen LogP contribution in [0.15, 0.2) is 24.3 Å². The summed E-state index contributed by atoms with van der Waals surface area (Å²) in [4.78, 5) is 13.7. The normalized spacial score (nSPS) is 13.7. The van der Waals surface area contributed by atoms with Crippen LogP contribution in [-0.2, 0) is 12.8 Å². The third-order valence-electron chi connectivity index (χ3n) is 3.16. The minimum Gasteiger partial charge on any atom is -0.287 e. The van der Waals surface area contributed by atoms with Crippen LogP contribution in [0.4, 0.5) is 8.78 Å². The van der Waals surface area contributed by atoms with Gasteiger partial charge in [0.15, 0.2) is 0 Å². The van der Waals surface area contributed by atoms with E-state index in [-0.39, 0.29) is 0 Å². The summed E-state index contributed by atoms with van der Waals surface area (Å²) in [6, 6.07) is 5.26. The molecule has 18 heavy (non-hydrogen) atoms. The van der Waals surface area contributed by atoms with Crippen LogP contribution < -0.4 is 0 Å². The number of ketones is 1. The molecule has 2 aromatic rings. The molecule has 0 amide bonds. The second-order valence-corrected chi connectivity index (χ2v) is 5.48. The number of aryl methyl sites for hydroxylation is 2. The van der Waals surface area contributed by atoms with Crippen LogP contribution >= 0.6 is 11.3 Å². The third-order valence-corrected chi connectivity index (χ3v) is 4.40. The Hall–Kier alpha value is -1.55. The average molecular weight is 264 g/mol. The molecule has 0 aliphatic heterocycles. The first-order chi connectivity index (χ1) is 8.66. The SMILES string of the molecule is O=C(c1cc2c(s1)CCC2)c1c(F)cccc1F. The molecular formula is C14H10F2OS. The van der Waals surface area contributed by atoms with E-state index in [1.807, 2.05) is 0 Å². The lowest BCUT2D eigenvalue weighted by Gasteiger charge is -2.01. The fourth-order valence-corrected chi connectivity index (χ4v) is 3.48. The van der Waals surface area contributed by atoms with E-state index in [1.54, 1.807) is 6.07 Å². The molecule has 3 rings (SSSR count). The van der Waals surface area contributed by atoms with Crippen molar-refractivity contribution in [2.45, 2.75) is 19.3 Å². The summed E-state index contributed by atoms with van der Waals surface area (Å²) in [6.07, 6.45) is 3.02. The van der Waals surface area contributed by atoms with Gasteiger partial charge in [0.2, 0.25) is 5.78 Å². The number of carbonyl (C=O) groups is 1. The molecule has 1 aliphatic carbocycles. The lowest BCUT2D eigenvalue weighted by Crippen LogP contribution is -2.05. The number of halogens is 2. The highest BCUT2D eigenvalue weighted by molar-refractivity contribution is 7.14. The van der Waals surface area contributed by atoms with Gasteiger partial charge in [-0.3, -0.25) is 4.79 Å². The molecule has 1 aromatic carbocycles. The molecule has 1 heterocycles. The molecule has 0 atom stereocenters. The number of benzene rings is 1. The van der Waals surface area contributed by atoms with Gasteiger partial charge in [-0.1, -0.05) is 6.07 Å². The first-order valence-corrected chi connectivity index (χ1v) is 6.59. The van der Waals surface area contributed by atoms with E-state index in [0.717, 1.165) is 37.0 Å². The van der Waals surface area contributed by atoms with Gasteiger partial charge in [-0.25, -0.2) is 8.78 Å². The Balaban J connectivity index is 2.04. The van der Waals surface area contributed by atoms with E-state index in [2.05, 4.69) is 0 Å². The molecule has 0 unspecified atom stereocenters. The van der Waals surface area contributed by atoms with Crippen molar-refractivity contribution in [2.75, 3.05) is 0 Å². The number of thiophene rings is 1. The number of rotatable bonds is 2. The highest BCUT2D eigenvalue weighted by atomic mass is 32.1. The standard InChI is InChI=1S/C14H10F2OS/c15-9-4-2-5-10(16)13(9)14(17)12-7-8-3-1-6-11(8)18-12/h2,4-5,7H,1,3,6H2. The van der Waals surface area contributed by atoms with Crippen molar-refractivity contribution in [1.29, 1.82) is 0 Å². The first kappa shape index (κ1) is 11.5. The van der Waals surface area contributed by atoms with Gasteiger partial charge in [-0.2, -0.15) is 0 Å². The van der Waals surface area contributed by atoms with Crippen molar-refractivity contribution < 1.29 is 13.6 Å². The number of hydrogen-bond donors (Lipinski definition) is 0. The Kier molecular flexibility index (Phi) is 2.74. The Bertz CT molecular complexity index is 589. The molecule has 0 radical (unpaired) electrons. The lowest BCUT2D eigenvalue weighted by atomic mass is 10.1. The maximum atomic E-state index is 13.5. The quantitative estimate of drug-likeness (QED) is 0.755. The third kappa shape index (κ3) is 1.77. The van der Waals surface area contributed by atoms with Gasteiger partial charge in [-0.05, 0) is 43.0 Å². The van der Waals surface area contributed by atoms with Gasteiger partial charge in [0, 0.05) is 4.88 Å². The largest absolute Gasteiger partial charge is 0.287 e. The summed E-state index contributed by atoms with van der Waals surface area (Å²) in [5.41, 5.74) is 0.706. The zero-order chi connectivity index (χ0) is 12.7. The summed E-state index contributed by atoms with van der Waals surface area (Å²) in [6.45, 7) is 0. The molecule has 1 aliphatic rings. The van der Waals surface area contributed by atoms with Crippen LogP contribution in [0.5, 0.6) is 0 Å². The van der Waals surface area contributed by atoms with Crippen LogP contribution in [-0.4, -0.2) is 5.78 Å². The number of hydrogen-bond acceptors (Lipinski definition) is 2. The van der Waals surface area contributed by atoms with Gasteiger partial charge in [-0.15, -0.1) is 11.3 Å². The minimum absolute atomic E-state index is 0.434. The van der Waals surface area contributed by atoms with Gasteiger partial charge >= 0.3 is 0 Å². The molecule has 0 spiro atoms. The van der Waals surface area contributed by atoms with Crippen molar-refractivity contribution in [3.8, 4) is 0 Å². The Morgan fingerprint density at radius 2 is 1.89 bits per heavy atom. The summed E-state index contributed by atoms with van der Waals surface area (Å²) >= 11 is 1.36. The maximum Gasteiger partial charge on any atom is 0.208 e. The Morgan fingerprint density at radius 1 is 1.17 bits per heavy atom. The topological polar surface area (TPSA) is 17.1 Å². The highest BCUT2D eigenvalue weighted by Crippen LogP contribution is 2.32. The van der Waals surface area contributed by atoms with Gasteiger partial charge in [0.25, 0.3) is 0 Å². The van der Waals surface area contributed by atoms with Gasteiger partial charge in [0.1, 0.15) is 11.6 Å². The number of fused-ring (bicyclic) bond motifs is 1. The van der Waals surface area contributed by atoms with E-state index >= 15 is 0 Å². The molecule has 0 saturated carbocycles. The van der Waals surface area contributed by atoms with E-state index in [4.69, 9.17) is 0 Å². The first-order valence-electron chi connectivity index (χ1n) is 5.77. The van der Waals surface area contributed by atoms with Gasteiger partial charge < -0.3 is 0 Å². The lowest BCUT2D eigenvalue weighted by molar-refractivity contribution is 0.103. The zero-order valence-corrected chi connectivity index (χ0v) is 10.3. The molecule has 1 nitrogen and oxygen atoms in total. The summed E-state index contributed by atoms with van der Waals surface area (Å²) in [5, 5.41) is 0.